The van der Waals surface area contributed by atoms with E-state index in [1.54, 1.807) is 24.3 Å². The van der Waals surface area contributed by atoms with Gasteiger partial charge in [-0.3, -0.25) is 4.79 Å². The number of hydrogen-bond acceptors (Lipinski definition) is 3. The Balaban J connectivity index is 2.18. The molecule has 1 amide bonds. The highest BCUT2D eigenvalue weighted by Gasteiger charge is 2.33. The molecule has 5 heteroatoms. The quantitative estimate of drug-likeness (QED) is 0.872. The maximum atomic E-state index is 12.4. The Morgan fingerprint density at radius 2 is 1.81 bits per heavy atom. The van der Waals surface area contributed by atoms with Crippen LogP contribution in [0.5, 0.6) is 0 Å². The SMILES string of the molecule is CC1=C(C)C[C@H](C(=O)Nc2cccc(Cl)c2)[C@@H](C(=O)[O-])C1. The van der Waals surface area contributed by atoms with Crippen LogP contribution in [0.2, 0.25) is 5.02 Å². The van der Waals surface area contributed by atoms with E-state index in [1.165, 1.54) is 0 Å². The van der Waals surface area contributed by atoms with E-state index in [0.29, 0.717) is 23.6 Å². The van der Waals surface area contributed by atoms with Crippen LogP contribution >= 0.6 is 11.6 Å². The maximum absolute atomic E-state index is 12.4. The second kappa shape index (κ2) is 6.31. The first-order valence-corrected chi connectivity index (χ1v) is 7.18. The lowest BCUT2D eigenvalue weighted by Gasteiger charge is -2.32. The molecule has 0 unspecified atom stereocenters. The number of nitrogens with one attached hydrogen (secondary N) is 1. The summed E-state index contributed by atoms with van der Waals surface area (Å²) < 4.78 is 0. The zero-order chi connectivity index (χ0) is 15.6. The van der Waals surface area contributed by atoms with Crippen LogP contribution in [-0.4, -0.2) is 11.9 Å². The van der Waals surface area contributed by atoms with E-state index >= 15 is 0 Å². The highest BCUT2D eigenvalue weighted by molar-refractivity contribution is 6.30. The van der Waals surface area contributed by atoms with Gasteiger partial charge >= 0.3 is 0 Å². The Morgan fingerprint density at radius 1 is 1.19 bits per heavy atom. The van der Waals surface area contributed by atoms with Gasteiger partial charge in [0.15, 0.2) is 0 Å². The van der Waals surface area contributed by atoms with Gasteiger partial charge in [0.25, 0.3) is 0 Å². The van der Waals surface area contributed by atoms with Gasteiger partial charge in [-0.2, -0.15) is 0 Å². The van der Waals surface area contributed by atoms with Crippen molar-refractivity contribution in [3.05, 3.63) is 40.4 Å². The fourth-order valence-corrected chi connectivity index (χ4v) is 2.81. The summed E-state index contributed by atoms with van der Waals surface area (Å²) in [5.41, 5.74) is 2.66. The molecule has 0 spiro atoms. The lowest BCUT2D eigenvalue weighted by atomic mass is 9.76. The fourth-order valence-electron chi connectivity index (χ4n) is 2.62. The minimum Gasteiger partial charge on any atom is -0.550 e. The molecule has 0 saturated carbocycles. The number of halogens is 1. The summed E-state index contributed by atoms with van der Waals surface area (Å²) in [4.78, 5) is 23.7. The van der Waals surface area contributed by atoms with Gasteiger partial charge in [-0.1, -0.05) is 28.8 Å². The summed E-state index contributed by atoms with van der Waals surface area (Å²) in [7, 11) is 0. The maximum Gasteiger partial charge on any atom is 0.228 e. The third kappa shape index (κ3) is 3.64. The molecule has 21 heavy (non-hydrogen) atoms. The largest absolute Gasteiger partial charge is 0.550 e. The number of anilines is 1. The monoisotopic (exact) mass is 306 g/mol. The van der Waals surface area contributed by atoms with E-state index in [9.17, 15) is 14.7 Å². The molecule has 112 valence electrons. The van der Waals surface area contributed by atoms with E-state index in [1.807, 2.05) is 13.8 Å². The Kier molecular flexibility index (Phi) is 4.68. The molecule has 1 aliphatic rings. The number of carboxylic acids is 1. The molecule has 2 atom stereocenters. The second-order valence-corrected chi connectivity index (χ2v) is 5.94. The smallest absolute Gasteiger partial charge is 0.228 e. The molecule has 4 nitrogen and oxygen atoms in total. The predicted octanol–water partition coefficient (Wildman–Crippen LogP) is 2.39. The minimum absolute atomic E-state index is 0.307. The van der Waals surface area contributed by atoms with Crippen LogP contribution in [0.3, 0.4) is 0 Å². The zero-order valence-electron chi connectivity index (χ0n) is 12.0. The average Bonchev–Trinajstić information content (AvgIpc) is 2.41. The molecule has 1 aliphatic carbocycles. The van der Waals surface area contributed by atoms with E-state index in [2.05, 4.69) is 5.32 Å². The number of benzene rings is 1. The molecule has 2 rings (SSSR count). The molecule has 0 aliphatic heterocycles. The lowest BCUT2D eigenvalue weighted by Crippen LogP contribution is -2.42. The summed E-state index contributed by atoms with van der Waals surface area (Å²) >= 11 is 5.87. The van der Waals surface area contributed by atoms with Gasteiger partial charge in [0.2, 0.25) is 5.91 Å². The highest BCUT2D eigenvalue weighted by atomic mass is 35.5. The van der Waals surface area contributed by atoms with Gasteiger partial charge in [0, 0.05) is 22.6 Å². The number of carboxylic acid groups (broad SMARTS) is 1. The third-order valence-corrected chi connectivity index (χ3v) is 4.23. The molecule has 0 bridgehead atoms. The van der Waals surface area contributed by atoms with Crippen LogP contribution in [0.15, 0.2) is 35.4 Å². The number of carbonyl (C=O) groups excluding carboxylic acids is 2. The molecule has 0 fully saturated rings. The van der Waals surface area contributed by atoms with Crippen molar-refractivity contribution in [1.82, 2.24) is 0 Å². The van der Waals surface area contributed by atoms with Gasteiger partial charge < -0.3 is 15.2 Å². The summed E-state index contributed by atoms with van der Waals surface area (Å²) in [6.45, 7) is 3.83. The first-order valence-electron chi connectivity index (χ1n) is 6.81. The first-order chi connectivity index (χ1) is 9.88. The summed E-state index contributed by atoms with van der Waals surface area (Å²) in [5, 5.41) is 14.5. The topological polar surface area (TPSA) is 69.2 Å². The van der Waals surface area contributed by atoms with Crippen LogP contribution in [0, 0.1) is 11.8 Å². The number of carbonyl (C=O) groups is 2. The van der Waals surface area contributed by atoms with Crippen LogP contribution in [0.25, 0.3) is 0 Å². The fraction of sp³-hybridized carbons (Fsp3) is 0.375. The second-order valence-electron chi connectivity index (χ2n) is 5.50. The van der Waals surface area contributed by atoms with Crippen LogP contribution in [-0.2, 0) is 9.59 Å². The van der Waals surface area contributed by atoms with E-state index < -0.39 is 17.8 Å². The van der Waals surface area contributed by atoms with Gasteiger partial charge in [0.05, 0.1) is 5.92 Å². The summed E-state index contributed by atoms with van der Waals surface area (Å²) in [5.74, 6) is -2.88. The predicted molar refractivity (Wildman–Crippen MR) is 79.7 cm³/mol. The van der Waals surface area contributed by atoms with Gasteiger partial charge in [-0.15, -0.1) is 0 Å². The van der Waals surface area contributed by atoms with Gasteiger partial charge in [-0.25, -0.2) is 0 Å². The Morgan fingerprint density at radius 3 is 2.38 bits per heavy atom. The van der Waals surface area contributed by atoms with Crippen molar-refractivity contribution in [1.29, 1.82) is 0 Å². The summed E-state index contributed by atoms with van der Waals surface area (Å²) in [6.07, 6.45) is 0.804. The molecule has 0 aromatic heterocycles. The molecule has 1 aromatic carbocycles. The molecule has 0 radical (unpaired) electrons. The van der Waals surface area contributed by atoms with Crippen molar-refractivity contribution >= 4 is 29.2 Å². The Hall–Kier alpha value is -1.81. The number of amides is 1. The van der Waals surface area contributed by atoms with E-state index in [4.69, 9.17) is 11.6 Å². The van der Waals surface area contributed by atoms with Crippen molar-refractivity contribution in [2.24, 2.45) is 11.8 Å². The number of aliphatic carboxylic acids is 1. The molecule has 1 N–H and O–H groups in total. The van der Waals surface area contributed by atoms with Crippen molar-refractivity contribution in [2.75, 3.05) is 5.32 Å². The normalized spacial score (nSPS) is 22.0. The third-order valence-electron chi connectivity index (χ3n) is 4.00. The minimum atomic E-state index is -1.17. The summed E-state index contributed by atoms with van der Waals surface area (Å²) in [6, 6.07) is 6.78. The molecular formula is C16H17ClNO3-. The average molecular weight is 307 g/mol. The van der Waals surface area contributed by atoms with Gasteiger partial charge in [-0.05, 0) is 44.9 Å². The van der Waals surface area contributed by atoms with Crippen molar-refractivity contribution in [2.45, 2.75) is 26.7 Å². The molecule has 0 heterocycles. The van der Waals surface area contributed by atoms with Crippen molar-refractivity contribution in [3.63, 3.8) is 0 Å². The standard InChI is InChI=1S/C16H18ClNO3/c1-9-6-13(14(16(20)21)7-10(9)2)15(19)18-12-5-3-4-11(17)8-12/h3-5,8,13-14H,6-7H2,1-2H3,(H,18,19)(H,20,21)/p-1/t13-,14-/m0/s1. The highest BCUT2D eigenvalue weighted by Crippen LogP contribution is 2.34. The molecular weight excluding hydrogens is 290 g/mol. The van der Waals surface area contributed by atoms with Crippen molar-refractivity contribution < 1.29 is 14.7 Å². The van der Waals surface area contributed by atoms with E-state index in [0.717, 1.165) is 11.1 Å². The molecule has 1 aromatic rings. The number of hydrogen-bond donors (Lipinski definition) is 1. The van der Waals surface area contributed by atoms with Crippen LogP contribution in [0.1, 0.15) is 26.7 Å². The van der Waals surface area contributed by atoms with Crippen LogP contribution < -0.4 is 10.4 Å². The van der Waals surface area contributed by atoms with E-state index in [-0.39, 0.29) is 5.91 Å². The zero-order valence-corrected chi connectivity index (χ0v) is 12.7. The van der Waals surface area contributed by atoms with Crippen molar-refractivity contribution in [3.8, 4) is 0 Å². The van der Waals surface area contributed by atoms with Crippen LogP contribution in [0.4, 0.5) is 5.69 Å². The number of rotatable bonds is 3. The van der Waals surface area contributed by atoms with Gasteiger partial charge in [0.1, 0.15) is 0 Å². The number of allylic oxidation sites excluding steroid dienone is 2. The lowest BCUT2D eigenvalue weighted by molar-refractivity contribution is -0.313. The molecule has 0 saturated heterocycles. The Bertz CT molecular complexity index is 609. The first kappa shape index (κ1) is 15.6. The Labute approximate surface area is 128 Å².